The molecule has 4 heteroatoms. The summed E-state index contributed by atoms with van der Waals surface area (Å²) < 4.78 is 5.19. The van der Waals surface area contributed by atoms with Gasteiger partial charge in [-0.1, -0.05) is 13.8 Å². The van der Waals surface area contributed by atoms with Crippen LogP contribution >= 0.6 is 0 Å². The van der Waals surface area contributed by atoms with Crippen LogP contribution in [0.2, 0.25) is 0 Å². The molecule has 4 nitrogen and oxygen atoms in total. The van der Waals surface area contributed by atoms with E-state index in [1.807, 2.05) is 18.7 Å². The number of carbonyl (C=O) groups excluding carboxylic acids is 1. The van der Waals surface area contributed by atoms with E-state index in [0.717, 1.165) is 0 Å². The van der Waals surface area contributed by atoms with E-state index in [1.54, 1.807) is 7.11 Å². The summed E-state index contributed by atoms with van der Waals surface area (Å²) in [5, 5.41) is 3.23. The number of carbonyl (C=O) groups is 1. The van der Waals surface area contributed by atoms with E-state index >= 15 is 0 Å². The molecule has 0 radical (unpaired) electrons. The van der Waals surface area contributed by atoms with Gasteiger partial charge in [0.15, 0.2) is 0 Å². The molecule has 3 atom stereocenters. The molecular weight excluding hydrogens is 192 g/mol. The lowest BCUT2D eigenvalue weighted by molar-refractivity contribution is -0.134. The number of methoxy groups -OCH3 is 1. The second-order valence-electron chi connectivity index (χ2n) is 4.58. The zero-order chi connectivity index (χ0) is 11.6. The summed E-state index contributed by atoms with van der Waals surface area (Å²) in [4.78, 5) is 13.9. The van der Waals surface area contributed by atoms with E-state index in [1.165, 1.54) is 0 Å². The highest BCUT2D eigenvalue weighted by molar-refractivity contribution is 5.84. The van der Waals surface area contributed by atoms with Crippen LogP contribution in [-0.4, -0.2) is 42.8 Å². The third kappa shape index (κ3) is 2.49. The average molecular weight is 214 g/mol. The number of amides is 1. The Kier molecular flexibility index (Phi) is 4.11. The maximum Gasteiger partial charge on any atom is 0.241 e. The van der Waals surface area contributed by atoms with Crippen molar-refractivity contribution in [3.63, 3.8) is 0 Å². The van der Waals surface area contributed by atoms with Crippen molar-refractivity contribution >= 4 is 5.91 Å². The number of nitrogens with zero attached hydrogens (tertiary/aromatic N) is 1. The zero-order valence-electron chi connectivity index (χ0n) is 10.3. The molecule has 15 heavy (non-hydrogen) atoms. The summed E-state index contributed by atoms with van der Waals surface area (Å²) in [6, 6.07) is 0.0908. The van der Waals surface area contributed by atoms with Crippen LogP contribution in [0.15, 0.2) is 0 Å². The highest BCUT2D eigenvalue weighted by Crippen LogP contribution is 2.19. The van der Waals surface area contributed by atoms with Crippen LogP contribution in [0, 0.1) is 5.92 Å². The van der Waals surface area contributed by atoms with Crippen LogP contribution < -0.4 is 5.32 Å². The Morgan fingerprint density at radius 2 is 2.07 bits per heavy atom. The van der Waals surface area contributed by atoms with Crippen molar-refractivity contribution in [1.82, 2.24) is 10.2 Å². The minimum absolute atomic E-state index is 0.0712. The molecule has 0 bridgehead atoms. The van der Waals surface area contributed by atoms with Gasteiger partial charge in [-0.3, -0.25) is 10.1 Å². The van der Waals surface area contributed by atoms with E-state index < -0.39 is 0 Å². The smallest absolute Gasteiger partial charge is 0.241 e. The standard InChI is InChI=1S/C11H22N2O2/c1-7(2)10(6-15-5)13-9(4)12-8(3)11(13)14/h7-10,12H,6H2,1-5H3. The Bertz CT molecular complexity index is 231. The van der Waals surface area contributed by atoms with Crippen molar-refractivity contribution in [1.29, 1.82) is 0 Å². The second-order valence-corrected chi connectivity index (χ2v) is 4.58. The van der Waals surface area contributed by atoms with Gasteiger partial charge in [0.1, 0.15) is 0 Å². The van der Waals surface area contributed by atoms with Gasteiger partial charge in [-0.05, 0) is 19.8 Å². The van der Waals surface area contributed by atoms with Gasteiger partial charge in [0.05, 0.1) is 24.9 Å². The van der Waals surface area contributed by atoms with E-state index in [-0.39, 0.29) is 24.2 Å². The Morgan fingerprint density at radius 1 is 1.47 bits per heavy atom. The van der Waals surface area contributed by atoms with E-state index in [2.05, 4.69) is 19.2 Å². The molecule has 0 spiro atoms. The minimum Gasteiger partial charge on any atom is -0.383 e. The van der Waals surface area contributed by atoms with Crippen molar-refractivity contribution in [2.45, 2.75) is 45.9 Å². The fourth-order valence-corrected chi connectivity index (χ4v) is 2.14. The van der Waals surface area contributed by atoms with Crippen molar-refractivity contribution < 1.29 is 9.53 Å². The minimum atomic E-state index is -0.0712. The lowest BCUT2D eigenvalue weighted by atomic mass is 10.0. The summed E-state index contributed by atoms with van der Waals surface area (Å²) in [6.07, 6.45) is 0.107. The highest BCUT2D eigenvalue weighted by Gasteiger charge is 2.38. The molecule has 0 aliphatic carbocycles. The number of hydrogen-bond acceptors (Lipinski definition) is 3. The molecule has 0 aromatic rings. The Morgan fingerprint density at radius 3 is 2.40 bits per heavy atom. The van der Waals surface area contributed by atoms with Gasteiger partial charge in [-0.25, -0.2) is 0 Å². The molecule has 0 aromatic carbocycles. The number of rotatable bonds is 4. The van der Waals surface area contributed by atoms with Crippen LogP contribution in [0.5, 0.6) is 0 Å². The number of hydrogen-bond donors (Lipinski definition) is 1. The van der Waals surface area contributed by atoms with Gasteiger partial charge in [-0.2, -0.15) is 0 Å². The van der Waals surface area contributed by atoms with Gasteiger partial charge in [-0.15, -0.1) is 0 Å². The first-order valence-electron chi connectivity index (χ1n) is 5.56. The van der Waals surface area contributed by atoms with E-state index in [0.29, 0.717) is 12.5 Å². The van der Waals surface area contributed by atoms with Gasteiger partial charge in [0, 0.05) is 7.11 Å². The summed E-state index contributed by atoms with van der Waals surface area (Å²) in [5.41, 5.74) is 0. The number of ether oxygens (including phenoxy) is 1. The third-order valence-corrected chi connectivity index (χ3v) is 3.00. The molecule has 1 fully saturated rings. The van der Waals surface area contributed by atoms with Gasteiger partial charge >= 0.3 is 0 Å². The molecule has 1 rings (SSSR count). The molecule has 1 heterocycles. The van der Waals surface area contributed by atoms with Crippen molar-refractivity contribution in [3.05, 3.63) is 0 Å². The molecule has 3 unspecified atom stereocenters. The Balaban J connectivity index is 2.78. The lowest BCUT2D eigenvalue weighted by Crippen LogP contribution is -2.48. The van der Waals surface area contributed by atoms with Gasteiger partial charge < -0.3 is 9.64 Å². The molecule has 1 aliphatic rings. The normalized spacial score (nSPS) is 28.9. The fourth-order valence-electron chi connectivity index (χ4n) is 2.14. The molecule has 1 N–H and O–H groups in total. The Labute approximate surface area is 92.0 Å². The van der Waals surface area contributed by atoms with Crippen LogP contribution in [0.3, 0.4) is 0 Å². The average Bonchev–Trinajstić information content (AvgIpc) is 2.38. The first-order valence-corrected chi connectivity index (χ1v) is 5.56. The molecule has 0 saturated carbocycles. The van der Waals surface area contributed by atoms with Crippen molar-refractivity contribution in [2.24, 2.45) is 5.92 Å². The molecule has 0 aromatic heterocycles. The van der Waals surface area contributed by atoms with Crippen LogP contribution in [0.25, 0.3) is 0 Å². The van der Waals surface area contributed by atoms with E-state index in [4.69, 9.17) is 4.74 Å². The van der Waals surface area contributed by atoms with E-state index in [9.17, 15) is 4.79 Å². The lowest BCUT2D eigenvalue weighted by Gasteiger charge is -2.33. The molecule has 1 saturated heterocycles. The fraction of sp³-hybridized carbons (Fsp3) is 0.909. The monoisotopic (exact) mass is 214 g/mol. The van der Waals surface area contributed by atoms with Crippen LogP contribution in [0.1, 0.15) is 27.7 Å². The topological polar surface area (TPSA) is 41.6 Å². The predicted molar refractivity (Wildman–Crippen MR) is 59.4 cm³/mol. The van der Waals surface area contributed by atoms with Gasteiger partial charge in [0.2, 0.25) is 5.91 Å². The SMILES string of the molecule is COCC(C(C)C)N1C(=O)C(C)NC1C. The van der Waals surface area contributed by atoms with Crippen LogP contribution in [-0.2, 0) is 9.53 Å². The maximum atomic E-state index is 11.9. The Hall–Kier alpha value is -0.610. The van der Waals surface area contributed by atoms with Crippen molar-refractivity contribution in [2.75, 3.05) is 13.7 Å². The molecule has 1 aliphatic heterocycles. The van der Waals surface area contributed by atoms with Crippen molar-refractivity contribution in [3.8, 4) is 0 Å². The molecule has 88 valence electrons. The first-order chi connectivity index (χ1) is 6.99. The summed E-state index contributed by atoms with van der Waals surface area (Å²) in [5.74, 6) is 0.585. The summed E-state index contributed by atoms with van der Waals surface area (Å²) >= 11 is 0. The van der Waals surface area contributed by atoms with Crippen LogP contribution in [0.4, 0.5) is 0 Å². The molecule has 1 amide bonds. The first kappa shape index (κ1) is 12.5. The highest BCUT2D eigenvalue weighted by atomic mass is 16.5. The predicted octanol–water partition coefficient (Wildman–Crippen LogP) is 0.824. The summed E-state index contributed by atoms with van der Waals surface area (Å²) in [7, 11) is 1.68. The third-order valence-electron chi connectivity index (χ3n) is 3.00. The zero-order valence-corrected chi connectivity index (χ0v) is 10.3. The molecular formula is C11H22N2O2. The second kappa shape index (κ2) is 4.94. The summed E-state index contributed by atoms with van der Waals surface area (Å²) in [6.45, 7) is 8.76. The quantitative estimate of drug-likeness (QED) is 0.753. The van der Waals surface area contributed by atoms with Gasteiger partial charge in [0.25, 0.3) is 0 Å². The maximum absolute atomic E-state index is 11.9. The number of nitrogens with one attached hydrogen (secondary N) is 1. The largest absolute Gasteiger partial charge is 0.383 e.